The van der Waals surface area contributed by atoms with Crippen molar-refractivity contribution >= 4 is 27.3 Å². The van der Waals surface area contributed by atoms with Crippen molar-refractivity contribution in [3.63, 3.8) is 0 Å². The van der Waals surface area contributed by atoms with Crippen LogP contribution in [-0.4, -0.2) is 58.5 Å². The largest absolute Gasteiger partial charge is 0.367 e. The summed E-state index contributed by atoms with van der Waals surface area (Å²) in [6.45, 7) is 12.6. The minimum atomic E-state index is -3.84. The molecule has 0 aliphatic carbocycles. The molecule has 7 nitrogen and oxygen atoms in total. The van der Waals surface area contributed by atoms with E-state index in [1.54, 1.807) is 12.1 Å². The number of likely N-dealkylation sites (tertiary alicyclic amines) is 1. The molecule has 4 rings (SSSR count). The summed E-state index contributed by atoms with van der Waals surface area (Å²) in [6.07, 6.45) is 2.13. The first kappa shape index (κ1) is 24.5. The number of sulfonamides is 1. The Bertz CT molecular complexity index is 1170. The molecule has 1 amide bonds. The molecule has 0 radical (unpaired) electrons. The van der Waals surface area contributed by atoms with Crippen LogP contribution < -0.4 is 14.9 Å². The van der Waals surface area contributed by atoms with Gasteiger partial charge in [-0.1, -0.05) is 13.0 Å². The Morgan fingerprint density at radius 1 is 1.00 bits per heavy atom. The van der Waals surface area contributed by atoms with Crippen molar-refractivity contribution in [3.05, 3.63) is 52.6 Å². The molecule has 2 saturated heterocycles. The lowest BCUT2D eigenvalue weighted by Gasteiger charge is -2.33. The first-order valence-electron chi connectivity index (χ1n) is 12.2. The van der Waals surface area contributed by atoms with Crippen LogP contribution in [0.4, 0.5) is 11.4 Å². The van der Waals surface area contributed by atoms with Gasteiger partial charge in [-0.25, -0.2) is 8.42 Å². The molecule has 2 aromatic carbocycles. The van der Waals surface area contributed by atoms with Gasteiger partial charge in [0.25, 0.3) is 15.9 Å². The first-order valence-corrected chi connectivity index (χ1v) is 13.6. The summed E-state index contributed by atoms with van der Waals surface area (Å²) in [5, 5.41) is 3.33. The maximum absolute atomic E-state index is 13.5. The van der Waals surface area contributed by atoms with Gasteiger partial charge in [0.2, 0.25) is 0 Å². The van der Waals surface area contributed by atoms with Crippen LogP contribution >= 0.6 is 0 Å². The number of carbonyl (C=O) groups excluding carboxylic acids is 1. The average Bonchev–Trinajstić information content (AvgIpc) is 2.81. The minimum Gasteiger partial charge on any atom is -0.367 e. The van der Waals surface area contributed by atoms with Gasteiger partial charge < -0.3 is 15.1 Å². The molecule has 2 N–H and O–H groups in total. The molecular weight excluding hydrogens is 448 g/mol. The molecule has 2 heterocycles. The second-order valence-electron chi connectivity index (χ2n) is 9.78. The summed E-state index contributed by atoms with van der Waals surface area (Å²) in [6, 6.07) is 9.06. The first-order chi connectivity index (χ1) is 16.2. The van der Waals surface area contributed by atoms with Crippen molar-refractivity contribution in [2.75, 3.05) is 48.9 Å². The zero-order valence-corrected chi connectivity index (χ0v) is 21.5. The Balaban J connectivity index is 1.71. The molecule has 0 spiro atoms. The standard InChI is InChI=1S/C26H36N4O3S/c1-18-6-5-11-30(17-18)26(31)22-7-8-24(29-12-9-27-10-13-29)23(16-22)28-34(32,33)25-15-20(3)19(2)14-21(25)4/h7-8,14-16,18,27-28H,5-6,9-13,17H2,1-4H3. The van der Waals surface area contributed by atoms with Crippen LogP contribution in [0.25, 0.3) is 0 Å². The number of nitrogens with zero attached hydrogens (tertiary/aromatic N) is 2. The van der Waals surface area contributed by atoms with Gasteiger partial charge in [-0.3, -0.25) is 9.52 Å². The van der Waals surface area contributed by atoms with Crippen molar-refractivity contribution in [2.24, 2.45) is 5.92 Å². The molecule has 8 heteroatoms. The molecule has 2 aromatic rings. The monoisotopic (exact) mass is 484 g/mol. The average molecular weight is 485 g/mol. The van der Waals surface area contributed by atoms with Crippen LogP contribution in [0.2, 0.25) is 0 Å². The molecule has 0 aromatic heterocycles. The third kappa shape index (κ3) is 5.23. The predicted molar refractivity (Wildman–Crippen MR) is 137 cm³/mol. The number of aryl methyl sites for hydroxylation is 3. The Hall–Kier alpha value is -2.58. The van der Waals surface area contributed by atoms with Gasteiger partial charge >= 0.3 is 0 Å². The van der Waals surface area contributed by atoms with E-state index in [2.05, 4.69) is 21.9 Å². The zero-order valence-electron chi connectivity index (χ0n) is 20.6. The lowest BCUT2D eigenvalue weighted by Crippen LogP contribution is -2.44. The number of nitrogens with one attached hydrogen (secondary N) is 2. The Kier molecular flexibility index (Phi) is 7.19. The zero-order chi connectivity index (χ0) is 24.5. The molecule has 2 aliphatic rings. The minimum absolute atomic E-state index is 0.0405. The fourth-order valence-corrected chi connectivity index (χ4v) is 6.29. The lowest BCUT2D eigenvalue weighted by atomic mass is 9.99. The van der Waals surface area contributed by atoms with Gasteiger partial charge in [0.05, 0.1) is 16.3 Å². The molecular formula is C26H36N4O3S. The normalized spacial score (nSPS) is 19.2. The molecule has 0 bridgehead atoms. The van der Waals surface area contributed by atoms with Gasteiger partial charge in [-0.2, -0.15) is 0 Å². The highest BCUT2D eigenvalue weighted by Crippen LogP contribution is 2.32. The predicted octanol–water partition coefficient (Wildman–Crippen LogP) is 3.69. The highest BCUT2D eigenvalue weighted by atomic mass is 32.2. The van der Waals surface area contributed by atoms with E-state index in [1.165, 1.54) is 0 Å². The maximum Gasteiger partial charge on any atom is 0.262 e. The molecule has 184 valence electrons. The van der Waals surface area contributed by atoms with E-state index in [1.807, 2.05) is 43.9 Å². The third-order valence-electron chi connectivity index (χ3n) is 6.97. The highest BCUT2D eigenvalue weighted by Gasteiger charge is 2.26. The topological polar surface area (TPSA) is 81.8 Å². The summed E-state index contributed by atoms with van der Waals surface area (Å²) >= 11 is 0. The van der Waals surface area contributed by atoms with Gasteiger partial charge in [-0.05, 0) is 80.5 Å². The number of piperazine rings is 1. The van der Waals surface area contributed by atoms with E-state index in [0.717, 1.165) is 68.9 Å². The van der Waals surface area contributed by atoms with Gasteiger partial charge in [0.15, 0.2) is 0 Å². The van der Waals surface area contributed by atoms with Gasteiger partial charge in [-0.15, -0.1) is 0 Å². The van der Waals surface area contributed by atoms with E-state index in [0.29, 0.717) is 22.7 Å². The summed E-state index contributed by atoms with van der Waals surface area (Å²) in [5.41, 5.74) is 4.46. The quantitative estimate of drug-likeness (QED) is 0.676. The number of hydrogen-bond donors (Lipinski definition) is 2. The summed E-state index contributed by atoms with van der Waals surface area (Å²) < 4.78 is 29.9. The smallest absolute Gasteiger partial charge is 0.262 e. The number of carbonyl (C=O) groups is 1. The second kappa shape index (κ2) is 9.96. The molecule has 34 heavy (non-hydrogen) atoms. The summed E-state index contributed by atoms with van der Waals surface area (Å²) in [4.78, 5) is 17.6. The third-order valence-corrected chi connectivity index (χ3v) is 8.48. The molecule has 1 atom stereocenters. The molecule has 0 saturated carbocycles. The van der Waals surface area contributed by atoms with Crippen LogP contribution in [0, 0.1) is 26.7 Å². The van der Waals surface area contributed by atoms with Gasteiger partial charge in [0.1, 0.15) is 0 Å². The molecule has 2 fully saturated rings. The number of hydrogen-bond acceptors (Lipinski definition) is 5. The number of rotatable bonds is 5. The lowest BCUT2D eigenvalue weighted by molar-refractivity contribution is 0.0683. The van der Waals surface area contributed by atoms with E-state index in [-0.39, 0.29) is 10.8 Å². The van der Waals surface area contributed by atoms with Crippen molar-refractivity contribution in [2.45, 2.75) is 45.4 Å². The maximum atomic E-state index is 13.5. The number of amides is 1. The Labute approximate surface area is 203 Å². The van der Waals surface area contributed by atoms with E-state index < -0.39 is 10.0 Å². The number of benzene rings is 2. The van der Waals surface area contributed by atoms with Crippen LogP contribution in [0.5, 0.6) is 0 Å². The van der Waals surface area contributed by atoms with Gasteiger partial charge in [0, 0.05) is 44.8 Å². The van der Waals surface area contributed by atoms with E-state index in [9.17, 15) is 13.2 Å². The fourth-order valence-electron chi connectivity index (χ4n) is 4.91. The van der Waals surface area contributed by atoms with E-state index in [4.69, 9.17) is 0 Å². The van der Waals surface area contributed by atoms with Crippen molar-refractivity contribution in [1.29, 1.82) is 0 Å². The second-order valence-corrected chi connectivity index (χ2v) is 11.4. The van der Waals surface area contributed by atoms with Crippen LogP contribution in [0.15, 0.2) is 35.2 Å². The van der Waals surface area contributed by atoms with Crippen molar-refractivity contribution < 1.29 is 13.2 Å². The number of anilines is 2. The Morgan fingerprint density at radius 3 is 2.41 bits per heavy atom. The fraction of sp³-hybridized carbons (Fsp3) is 0.500. The van der Waals surface area contributed by atoms with E-state index >= 15 is 0 Å². The van der Waals surface area contributed by atoms with Crippen molar-refractivity contribution in [3.8, 4) is 0 Å². The molecule has 1 unspecified atom stereocenters. The van der Waals surface area contributed by atoms with Crippen LogP contribution in [-0.2, 0) is 10.0 Å². The summed E-state index contributed by atoms with van der Waals surface area (Å²) in [7, 11) is -3.84. The SMILES string of the molecule is Cc1cc(C)c(S(=O)(=O)Nc2cc(C(=O)N3CCCC(C)C3)ccc2N2CCNCC2)cc1C. The van der Waals surface area contributed by atoms with Crippen LogP contribution in [0.3, 0.4) is 0 Å². The molecule has 2 aliphatic heterocycles. The highest BCUT2D eigenvalue weighted by molar-refractivity contribution is 7.92. The van der Waals surface area contributed by atoms with Crippen LogP contribution in [0.1, 0.15) is 46.8 Å². The Morgan fingerprint density at radius 2 is 1.71 bits per heavy atom. The number of piperidine rings is 1. The summed E-state index contributed by atoms with van der Waals surface area (Å²) in [5.74, 6) is 0.435. The van der Waals surface area contributed by atoms with Crippen molar-refractivity contribution in [1.82, 2.24) is 10.2 Å².